The number of aliphatic hydroxyl groups excluding tert-OH is 1. The zero-order valence-electron chi connectivity index (χ0n) is 5.00. The number of hydrogen-bond acceptors (Lipinski definition) is 3. The Balaban J connectivity index is 2.38. The summed E-state index contributed by atoms with van der Waals surface area (Å²) in [5.74, 6) is 0.260. The number of aliphatic hydroxyl groups is 1. The smallest absolute Gasteiger partial charge is 0.0738 e. The lowest BCUT2D eigenvalue weighted by molar-refractivity contribution is -0.0767. The standard InChI is InChI=1S/C5H10INO2/c6-1-4-2-7(9)3-5(4)8/h4-5,8-9H,1-3H2/t4-,5-/m1/s1. The van der Waals surface area contributed by atoms with Crippen LogP contribution in [0.5, 0.6) is 0 Å². The minimum Gasteiger partial charge on any atom is -0.391 e. The second kappa shape index (κ2) is 3.14. The fourth-order valence-corrected chi connectivity index (χ4v) is 1.85. The molecule has 4 heteroatoms. The van der Waals surface area contributed by atoms with Crippen LogP contribution in [0.25, 0.3) is 0 Å². The predicted octanol–water partition coefficient (Wildman–Crippen LogP) is 0.103. The molecule has 0 aromatic heterocycles. The Bertz CT molecular complexity index is 101. The lowest BCUT2D eigenvalue weighted by Crippen LogP contribution is -2.18. The highest BCUT2D eigenvalue weighted by Crippen LogP contribution is 2.16. The van der Waals surface area contributed by atoms with Crippen molar-refractivity contribution < 1.29 is 10.3 Å². The monoisotopic (exact) mass is 243 g/mol. The molecule has 0 aromatic rings. The lowest BCUT2D eigenvalue weighted by atomic mass is 10.1. The van der Waals surface area contributed by atoms with Gasteiger partial charge in [-0.25, -0.2) is 0 Å². The van der Waals surface area contributed by atoms with Gasteiger partial charge in [0.2, 0.25) is 0 Å². The van der Waals surface area contributed by atoms with Crippen LogP contribution in [0.4, 0.5) is 0 Å². The number of hydroxylamine groups is 2. The average Bonchev–Trinajstić information content (AvgIpc) is 2.10. The topological polar surface area (TPSA) is 43.7 Å². The summed E-state index contributed by atoms with van der Waals surface area (Å²) in [5, 5.41) is 19.2. The van der Waals surface area contributed by atoms with Gasteiger partial charge in [0.05, 0.1) is 12.6 Å². The Labute approximate surface area is 67.8 Å². The molecule has 0 saturated carbocycles. The van der Waals surface area contributed by atoms with E-state index in [1.54, 1.807) is 0 Å². The maximum Gasteiger partial charge on any atom is 0.0738 e. The second-order valence-electron chi connectivity index (χ2n) is 2.35. The summed E-state index contributed by atoms with van der Waals surface area (Å²) in [6.07, 6.45) is -0.327. The highest BCUT2D eigenvalue weighted by molar-refractivity contribution is 14.1. The Morgan fingerprint density at radius 2 is 2.22 bits per heavy atom. The van der Waals surface area contributed by atoms with Gasteiger partial charge in [0.1, 0.15) is 0 Å². The van der Waals surface area contributed by atoms with E-state index in [-0.39, 0.29) is 12.0 Å². The summed E-state index contributed by atoms with van der Waals surface area (Å²) < 4.78 is 0.913. The van der Waals surface area contributed by atoms with Gasteiger partial charge in [0, 0.05) is 16.9 Å². The number of rotatable bonds is 1. The molecule has 1 rings (SSSR count). The number of nitrogens with zero attached hydrogens (tertiary/aromatic N) is 1. The van der Waals surface area contributed by atoms with Gasteiger partial charge >= 0.3 is 0 Å². The molecule has 1 aliphatic heterocycles. The number of β-amino-alcohol motifs (C(OH)–C–C–N with tert-alkyl or cyclic N) is 1. The van der Waals surface area contributed by atoms with Crippen molar-refractivity contribution in [2.45, 2.75) is 6.10 Å². The summed E-state index contributed by atoms with van der Waals surface area (Å²) in [4.78, 5) is 0. The maximum absolute atomic E-state index is 9.15. The first kappa shape index (κ1) is 7.71. The molecule has 2 N–H and O–H groups in total. The third-order valence-corrected chi connectivity index (χ3v) is 2.72. The molecule has 54 valence electrons. The zero-order chi connectivity index (χ0) is 6.85. The van der Waals surface area contributed by atoms with Crippen molar-refractivity contribution in [3.8, 4) is 0 Å². The fraction of sp³-hybridized carbons (Fsp3) is 1.00. The molecule has 1 aliphatic rings. The van der Waals surface area contributed by atoms with Crippen molar-refractivity contribution in [3.63, 3.8) is 0 Å². The fourth-order valence-electron chi connectivity index (χ4n) is 0.984. The van der Waals surface area contributed by atoms with Gasteiger partial charge < -0.3 is 10.3 Å². The third kappa shape index (κ3) is 1.76. The van der Waals surface area contributed by atoms with Crippen molar-refractivity contribution in [3.05, 3.63) is 0 Å². The molecule has 9 heavy (non-hydrogen) atoms. The third-order valence-electron chi connectivity index (χ3n) is 1.59. The van der Waals surface area contributed by atoms with Gasteiger partial charge in [-0.05, 0) is 0 Å². The summed E-state index contributed by atoms with van der Waals surface area (Å²) in [5.41, 5.74) is 0. The Morgan fingerprint density at radius 3 is 2.44 bits per heavy atom. The minimum atomic E-state index is -0.327. The molecule has 0 bridgehead atoms. The number of alkyl halides is 1. The van der Waals surface area contributed by atoms with E-state index in [0.717, 1.165) is 4.43 Å². The summed E-state index contributed by atoms with van der Waals surface area (Å²) in [6, 6.07) is 0. The van der Waals surface area contributed by atoms with Crippen molar-refractivity contribution in [2.24, 2.45) is 5.92 Å². The van der Waals surface area contributed by atoms with E-state index >= 15 is 0 Å². The Morgan fingerprint density at radius 1 is 1.56 bits per heavy atom. The van der Waals surface area contributed by atoms with E-state index in [9.17, 15) is 0 Å². The Kier molecular flexibility index (Phi) is 2.69. The van der Waals surface area contributed by atoms with Crippen LogP contribution >= 0.6 is 22.6 Å². The molecule has 0 aliphatic carbocycles. The van der Waals surface area contributed by atoms with Gasteiger partial charge in [-0.3, -0.25) is 0 Å². The van der Waals surface area contributed by atoms with Crippen LogP contribution in [0, 0.1) is 5.92 Å². The molecular formula is C5H10INO2. The van der Waals surface area contributed by atoms with Crippen LogP contribution in [0.15, 0.2) is 0 Å². The van der Waals surface area contributed by atoms with Crippen molar-refractivity contribution >= 4 is 22.6 Å². The quantitative estimate of drug-likeness (QED) is 0.507. The van der Waals surface area contributed by atoms with Crippen LogP contribution in [0.2, 0.25) is 0 Å². The van der Waals surface area contributed by atoms with Gasteiger partial charge in [-0.15, -0.1) is 0 Å². The zero-order valence-corrected chi connectivity index (χ0v) is 7.15. The van der Waals surface area contributed by atoms with Crippen LogP contribution in [-0.4, -0.2) is 39.0 Å². The Hall–Kier alpha value is 0.610. The predicted molar refractivity (Wildman–Crippen MR) is 41.7 cm³/mol. The molecular weight excluding hydrogens is 233 g/mol. The second-order valence-corrected chi connectivity index (χ2v) is 3.23. The summed E-state index contributed by atoms with van der Waals surface area (Å²) in [6.45, 7) is 1.03. The highest BCUT2D eigenvalue weighted by Gasteiger charge is 2.28. The maximum atomic E-state index is 9.15. The van der Waals surface area contributed by atoms with Gasteiger partial charge in [-0.2, -0.15) is 5.06 Å². The van der Waals surface area contributed by atoms with E-state index in [1.807, 2.05) is 0 Å². The van der Waals surface area contributed by atoms with Crippen LogP contribution in [0.3, 0.4) is 0 Å². The van der Waals surface area contributed by atoms with Gasteiger partial charge in [0.25, 0.3) is 0 Å². The first-order valence-electron chi connectivity index (χ1n) is 2.92. The lowest BCUT2D eigenvalue weighted by Gasteiger charge is -2.06. The largest absolute Gasteiger partial charge is 0.391 e. The van der Waals surface area contributed by atoms with Crippen LogP contribution in [0.1, 0.15) is 0 Å². The van der Waals surface area contributed by atoms with E-state index in [0.29, 0.717) is 13.1 Å². The molecule has 0 amide bonds. The van der Waals surface area contributed by atoms with E-state index in [1.165, 1.54) is 5.06 Å². The molecule has 1 fully saturated rings. The molecule has 0 unspecified atom stereocenters. The minimum absolute atomic E-state index is 0.260. The van der Waals surface area contributed by atoms with Crippen molar-refractivity contribution in [1.82, 2.24) is 5.06 Å². The molecule has 3 nitrogen and oxygen atoms in total. The van der Waals surface area contributed by atoms with Gasteiger partial charge in [0.15, 0.2) is 0 Å². The van der Waals surface area contributed by atoms with E-state index in [4.69, 9.17) is 10.3 Å². The normalized spacial score (nSPS) is 37.7. The first-order chi connectivity index (χ1) is 4.24. The van der Waals surface area contributed by atoms with Crippen molar-refractivity contribution in [2.75, 3.05) is 17.5 Å². The van der Waals surface area contributed by atoms with E-state index < -0.39 is 0 Å². The van der Waals surface area contributed by atoms with Crippen molar-refractivity contribution in [1.29, 1.82) is 0 Å². The summed E-state index contributed by atoms with van der Waals surface area (Å²) in [7, 11) is 0. The number of halogens is 1. The highest BCUT2D eigenvalue weighted by atomic mass is 127. The molecule has 0 spiro atoms. The van der Waals surface area contributed by atoms with E-state index in [2.05, 4.69) is 22.6 Å². The molecule has 1 heterocycles. The average molecular weight is 243 g/mol. The molecule has 0 aromatic carbocycles. The van der Waals surface area contributed by atoms with Crippen LogP contribution in [-0.2, 0) is 0 Å². The van der Waals surface area contributed by atoms with Crippen LogP contribution < -0.4 is 0 Å². The first-order valence-corrected chi connectivity index (χ1v) is 4.44. The van der Waals surface area contributed by atoms with Gasteiger partial charge in [-0.1, -0.05) is 22.6 Å². The summed E-state index contributed by atoms with van der Waals surface area (Å²) >= 11 is 2.22. The number of hydrogen-bond donors (Lipinski definition) is 2. The molecule has 0 radical (unpaired) electrons. The SMILES string of the molecule is O[C@@H]1CN(O)C[C@H]1CI. The molecule has 1 saturated heterocycles. The molecule has 2 atom stereocenters.